The Morgan fingerprint density at radius 1 is 1.06 bits per heavy atom. The van der Waals surface area contributed by atoms with E-state index in [0.29, 0.717) is 12.5 Å². The fourth-order valence-electron chi connectivity index (χ4n) is 3.17. The summed E-state index contributed by atoms with van der Waals surface area (Å²) in [4.78, 5) is 13.9. The number of rotatable bonds is 9. The van der Waals surface area contributed by atoms with Gasteiger partial charge in [-0.25, -0.2) is 4.98 Å². The summed E-state index contributed by atoms with van der Waals surface area (Å²) in [6, 6.07) is 4.09. The molecule has 0 aliphatic rings. The molecule has 0 bridgehead atoms. The van der Waals surface area contributed by atoms with Crippen molar-refractivity contribution < 1.29 is 9.52 Å². The van der Waals surface area contributed by atoms with E-state index in [1.807, 2.05) is 26.8 Å². The zero-order valence-electron chi connectivity index (χ0n) is 20.7. The summed E-state index contributed by atoms with van der Waals surface area (Å²) in [6.07, 6.45) is 4.26. The van der Waals surface area contributed by atoms with Gasteiger partial charge in [-0.15, -0.1) is 0 Å². The molecule has 0 radical (unpaired) electrons. The van der Waals surface area contributed by atoms with Gasteiger partial charge < -0.3 is 20.2 Å². The van der Waals surface area contributed by atoms with Crippen molar-refractivity contribution in [2.45, 2.75) is 67.7 Å². The van der Waals surface area contributed by atoms with Crippen LogP contribution in [0.4, 0.5) is 11.8 Å². The first-order chi connectivity index (χ1) is 15.3. The van der Waals surface area contributed by atoms with E-state index in [9.17, 15) is 0 Å². The lowest BCUT2D eigenvalue weighted by molar-refractivity contribution is 0.286. The number of nitrogens with one attached hydrogen (secondary N) is 2. The molecule has 0 aliphatic carbocycles. The summed E-state index contributed by atoms with van der Waals surface area (Å²) in [5.41, 5.74) is 3.60. The zero-order valence-corrected chi connectivity index (χ0v) is 20.7. The van der Waals surface area contributed by atoms with Gasteiger partial charge in [-0.05, 0) is 43.7 Å². The van der Waals surface area contributed by atoms with Crippen LogP contribution < -0.4 is 10.6 Å². The predicted octanol–water partition coefficient (Wildman–Crippen LogP) is 5.82. The van der Waals surface area contributed by atoms with Gasteiger partial charge in [0.1, 0.15) is 11.6 Å². The van der Waals surface area contributed by atoms with E-state index >= 15 is 0 Å². The second-order valence-corrected chi connectivity index (χ2v) is 8.81. The first kappa shape index (κ1) is 25.6. The SMILES string of the molecule is CC.CCc1cc2cc(-c3c(C)nc(NCC(C)(C)C)nc3NCCCCO)oc2cn1. The minimum Gasteiger partial charge on any atom is -0.454 e. The molecule has 7 heteroatoms. The molecule has 3 aromatic heterocycles. The smallest absolute Gasteiger partial charge is 0.224 e. The molecule has 0 saturated heterocycles. The largest absolute Gasteiger partial charge is 0.454 e. The van der Waals surface area contributed by atoms with Gasteiger partial charge in [-0.1, -0.05) is 41.5 Å². The van der Waals surface area contributed by atoms with E-state index in [1.54, 1.807) is 6.20 Å². The molecule has 3 aromatic rings. The van der Waals surface area contributed by atoms with Gasteiger partial charge in [-0.3, -0.25) is 4.98 Å². The molecule has 32 heavy (non-hydrogen) atoms. The molecule has 3 N–H and O–H groups in total. The van der Waals surface area contributed by atoms with Crippen LogP contribution in [0.25, 0.3) is 22.3 Å². The van der Waals surface area contributed by atoms with E-state index in [-0.39, 0.29) is 12.0 Å². The zero-order chi connectivity index (χ0) is 23.7. The Morgan fingerprint density at radius 2 is 1.81 bits per heavy atom. The Balaban J connectivity index is 0.00000176. The molecule has 0 amide bonds. The lowest BCUT2D eigenvalue weighted by Crippen LogP contribution is -2.21. The van der Waals surface area contributed by atoms with E-state index in [1.165, 1.54) is 0 Å². The van der Waals surface area contributed by atoms with Crippen molar-refractivity contribution in [1.82, 2.24) is 15.0 Å². The molecule has 0 unspecified atom stereocenters. The third-order valence-electron chi connectivity index (χ3n) is 4.81. The van der Waals surface area contributed by atoms with Crippen molar-refractivity contribution in [3.63, 3.8) is 0 Å². The van der Waals surface area contributed by atoms with E-state index < -0.39 is 0 Å². The lowest BCUT2D eigenvalue weighted by Gasteiger charge is -2.20. The highest BCUT2D eigenvalue weighted by Crippen LogP contribution is 2.34. The molecule has 0 saturated carbocycles. The molecule has 0 aromatic carbocycles. The maximum absolute atomic E-state index is 9.07. The quantitative estimate of drug-likeness (QED) is 0.360. The van der Waals surface area contributed by atoms with Crippen LogP contribution in [0.3, 0.4) is 0 Å². The molecule has 3 rings (SSSR count). The number of nitrogens with zero attached hydrogens (tertiary/aromatic N) is 3. The number of furan rings is 1. The summed E-state index contributed by atoms with van der Waals surface area (Å²) in [5, 5.41) is 16.9. The number of hydrogen-bond acceptors (Lipinski definition) is 7. The van der Waals surface area contributed by atoms with Crippen LogP contribution in [-0.2, 0) is 6.42 Å². The number of aliphatic hydroxyl groups is 1. The summed E-state index contributed by atoms with van der Waals surface area (Å²) < 4.78 is 6.11. The summed E-state index contributed by atoms with van der Waals surface area (Å²) in [6.45, 7) is 16.2. The molecule has 0 aliphatic heterocycles. The Labute approximate surface area is 192 Å². The lowest BCUT2D eigenvalue weighted by atomic mass is 9.97. The van der Waals surface area contributed by atoms with Gasteiger partial charge >= 0.3 is 0 Å². The van der Waals surface area contributed by atoms with Gasteiger partial charge in [0.25, 0.3) is 0 Å². The first-order valence-corrected chi connectivity index (χ1v) is 11.7. The third kappa shape index (κ3) is 6.92. The van der Waals surface area contributed by atoms with Crippen molar-refractivity contribution in [3.05, 3.63) is 29.7 Å². The Morgan fingerprint density at radius 3 is 2.47 bits per heavy atom. The van der Waals surface area contributed by atoms with Crippen LogP contribution >= 0.6 is 0 Å². The summed E-state index contributed by atoms with van der Waals surface area (Å²) in [5.74, 6) is 2.06. The number of unbranched alkanes of at least 4 members (excludes halogenated alkanes) is 1. The Kier molecular flexibility index (Phi) is 9.44. The topological polar surface area (TPSA) is 96.1 Å². The number of fused-ring (bicyclic) bond motifs is 1. The van der Waals surface area contributed by atoms with Crippen LogP contribution in [0.5, 0.6) is 0 Å². The fraction of sp³-hybridized carbons (Fsp3) is 0.560. The molecule has 7 nitrogen and oxygen atoms in total. The maximum atomic E-state index is 9.07. The number of aryl methyl sites for hydroxylation is 2. The normalized spacial score (nSPS) is 11.2. The van der Waals surface area contributed by atoms with Gasteiger partial charge in [0, 0.05) is 30.8 Å². The average molecular weight is 442 g/mol. The maximum Gasteiger partial charge on any atom is 0.224 e. The minimum atomic E-state index is 0.118. The number of pyridine rings is 1. The monoisotopic (exact) mass is 441 g/mol. The van der Waals surface area contributed by atoms with Crippen molar-refractivity contribution >= 4 is 22.7 Å². The standard InChI is InChI=1S/C23H33N5O2.C2H6/c1-6-17-11-16-12-18(30-19(16)13-25-17)20-15(2)27-22(26-14-23(3,4)5)28-21(20)24-9-7-8-10-29;1-2/h11-13,29H,6-10,14H2,1-5H3,(H2,24,26,27,28);1-2H3. The number of hydrogen-bond donors (Lipinski definition) is 3. The molecule has 0 atom stereocenters. The highest BCUT2D eigenvalue weighted by molar-refractivity contribution is 5.86. The molecule has 176 valence electrons. The number of aromatic nitrogens is 3. The van der Waals surface area contributed by atoms with Crippen molar-refractivity contribution in [2.75, 3.05) is 30.3 Å². The average Bonchev–Trinajstić information content (AvgIpc) is 3.18. The molecule has 0 fully saturated rings. The molecule has 0 spiro atoms. The van der Waals surface area contributed by atoms with Crippen molar-refractivity contribution in [1.29, 1.82) is 0 Å². The van der Waals surface area contributed by atoms with E-state index in [2.05, 4.69) is 54.4 Å². The van der Waals surface area contributed by atoms with Crippen LogP contribution in [0, 0.1) is 12.3 Å². The second-order valence-electron chi connectivity index (χ2n) is 8.81. The van der Waals surface area contributed by atoms with Gasteiger partial charge in [0.2, 0.25) is 5.95 Å². The minimum absolute atomic E-state index is 0.118. The number of aliphatic hydroxyl groups excluding tert-OH is 1. The van der Waals surface area contributed by atoms with Gasteiger partial charge in [0.15, 0.2) is 5.58 Å². The van der Waals surface area contributed by atoms with Gasteiger partial charge in [-0.2, -0.15) is 4.98 Å². The third-order valence-corrected chi connectivity index (χ3v) is 4.81. The number of anilines is 2. The van der Waals surface area contributed by atoms with Crippen molar-refractivity contribution in [2.24, 2.45) is 5.41 Å². The Bertz CT molecular complexity index is 992. The molecular weight excluding hydrogens is 402 g/mol. The fourth-order valence-corrected chi connectivity index (χ4v) is 3.17. The summed E-state index contributed by atoms with van der Waals surface area (Å²) in [7, 11) is 0. The van der Waals surface area contributed by atoms with E-state index in [4.69, 9.17) is 14.5 Å². The first-order valence-electron chi connectivity index (χ1n) is 11.7. The van der Waals surface area contributed by atoms with Crippen molar-refractivity contribution in [3.8, 4) is 11.3 Å². The van der Waals surface area contributed by atoms with E-state index in [0.717, 1.165) is 65.3 Å². The highest BCUT2D eigenvalue weighted by Gasteiger charge is 2.19. The van der Waals surface area contributed by atoms with Gasteiger partial charge in [0.05, 0.1) is 17.5 Å². The predicted molar refractivity (Wildman–Crippen MR) is 133 cm³/mol. The second kappa shape index (κ2) is 11.8. The summed E-state index contributed by atoms with van der Waals surface area (Å²) >= 11 is 0. The van der Waals surface area contributed by atoms with Crippen LogP contribution in [0.15, 0.2) is 22.7 Å². The highest BCUT2D eigenvalue weighted by atomic mass is 16.3. The van der Waals surface area contributed by atoms with Crippen LogP contribution in [0.2, 0.25) is 0 Å². The van der Waals surface area contributed by atoms with Crippen LogP contribution in [0.1, 0.15) is 65.8 Å². The molecule has 3 heterocycles. The Hall–Kier alpha value is -2.67. The molecular formula is C25H39N5O2. The van der Waals surface area contributed by atoms with Crippen LogP contribution in [-0.4, -0.2) is 39.8 Å².